The minimum Gasteiger partial charge on any atom is -0.384 e. The van der Waals surface area contributed by atoms with Crippen molar-refractivity contribution in [2.75, 3.05) is 41.9 Å². The number of methoxy groups -OCH3 is 1. The summed E-state index contributed by atoms with van der Waals surface area (Å²) in [5, 5.41) is 1.50. The average Bonchev–Trinajstić information content (AvgIpc) is 1.99. The molecule has 0 radical (unpaired) electrons. The van der Waals surface area contributed by atoms with Crippen LogP contribution in [0.15, 0.2) is 11.0 Å². The van der Waals surface area contributed by atoms with Crippen LogP contribution in [-0.4, -0.2) is 61.9 Å². The van der Waals surface area contributed by atoms with E-state index in [0.29, 0.717) is 0 Å². The van der Waals surface area contributed by atoms with E-state index in [1.165, 1.54) is 11.0 Å². The first-order chi connectivity index (χ1) is 6.00. The topological polar surface area (TPSA) is 15.7 Å². The second kappa shape index (κ2) is 6.04. The first-order valence-corrected chi connectivity index (χ1v) is 5.54. The molecule has 0 atom stereocenters. The molecular formula is C9H22N2OSi. The largest absolute Gasteiger partial charge is 0.384 e. The molecule has 0 saturated heterocycles. The van der Waals surface area contributed by atoms with Gasteiger partial charge in [0.15, 0.2) is 0 Å². The van der Waals surface area contributed by atoms with Crippen molar-refractivity contribution in [3.63, 3.8) is 0 Å². The number of rotatable bonds is 5. The van der Waals surface area contributed by atoms with E-state index >= 15 is 0 Å². The van der Waals surface area contributed by atoms with Crippen LogP contribution in [-0.2, 0) is 4.74 Å². The minimum atomic E-state index is 0.823. The zero-order valence-electron chi connectivity index (χ0n) is 9.72. The molecule has 78 valence electrons. The van der Waals surface area contributed by atoms with Crippen LogP contribution < -0.4 is 0 Å². The van der Waals surface area contributed by atoms with Crippen molar-refractivity contribution >= 4 is 10.2 Å². The van der Waals surface area contributed by atoms with Crippen molar-refractivity contribution in [3.05, 3.63) is 11.0 Å². The van der Waals surface area contributed by atoms with Gasteiger partial charge in [0, 0.05) is 52.1 Å². The molecule has 0 aromatic heterocycles. The molecule has 13 heavy (non-hydrogen) atoms. The second-order valence-corrected chi connectivity index (χ2v) is 4.84. The second-order valence-electron chi connectivity index (χ2n) is 3.64. The van der Waals surface area contributed by atoms with Gasteiger partial charge in [0.1, 0.15) is 0 Å². The zero-order valence-corrected chi connectivity index (χ0v) is 11.7. The highest BCUT2D eigenvalue weighted by Crippen LogP contribution is 2.10. The van der Waals surface area contributed by atoms with Gasteiger partial charge in [-0.2, -0.15) is 0 Å². The first kappa shape index (κ1) is 12.5. The standard InChI is InChI=1S/C9H22N2OSi/c1-10(2)9(11(3)4)8(13)6-7-12-5/h6-7H2,1-5,13H3. The fourth-order valence-corrected chi connectivity index (χ4v) is 2.63. The Balaban J connectivity index is 4.46. The fraction of sp³-hybridized carbons (Fsp3) is 0.778. The lowest BCUT2D eigenvalue weighted by Crippen LogP contribution is -2.27. The van der Waals surface area contributed by atoms with Crippen molar-refractivity contribution < 1.29 is 4.74 Å². The van der Waals surface area contributed by atoms with Crippen LogP contribution in [0.3, 0.4) is 0 Å². The Morgan fingerprint density at radius 1 is 1.15 bits per heavy atom. The molecule has 0 heterocycles. The lowest BCUT2D eigenvalue weighted by molar-refractivity contribution is 0.201. The van der Waals surface area contributed by atoms with E-state index in [9.17, 15) is 0 Å². The molecule has 0 N–H and O–H groups in total. The highest BCUT2D eigenvalue weighted by Gasteiger charge is 2.06. The summed E-state index contributed by atoms with van der Waals surface area (Å²) in [7, 11) is 11.2. The summed E-state index contributed by atoms with van der Waals surface area (Å²) in [6.07, 6.45) is 1.05. The molecular weight excluding hydrogens is 180 g/mol. The van der Waals surface area contributed by atoms with E-state index in [1.54, 1.807) is 7.11 Å². The maximum Gasteiger partial charge on any atom is 0.0971 e. The van der Waals surface area contributed by atoms with Crippen LogP contribution in [0.4, 0.5) is 0 Å². The van der Waals surface area contributed by atoms with Crippen molar-refractivity contribution in [1.82, 2.24) is 9.80 Å². The van der Waals surface area contributed by atoms with E-state index < -0.39 is 0 Å². The van der Waals surface area contributed by atoms with E-state index in [4.69, 9.17) is 4.74 Å². The zero-order chi connectivity index (χ0) is 10.4. The monoisotopic (exact) mass is 202 g/mol. The molecule has 4 heteroatoms. The summed E-state index contributed by atoms with van der Waals surface area (Å²) in [4.78, 5) is 4.33. The van der Waals surface area contributed by atoms with Gasteiger partial charge < -0.3 is 14.5 Å². The van der Waals surface area contributed by atoms with Gasteiger partial charge in [-0.25, -0.2) is 0 Å². The highest BCUT2D eigenvalue weighted by molar-refractivity contribution is 6.21. The third kappa shape index (κ3) is 4.33. The minimum absolute atomic E-state index is 0.823. The lowest BCUT2D eigenvalue weighted by Gasteiger charge is -2.27. The molecule has 0 spiro atoms. The Labute approximate surface area is 84.8 Å². The van der Waals surface area contributed by atoms with E-state index in [0.717, 1.165) is 23.3 Å². The van der Waals surface area contributed by atoms with Crippen LogP contribution in [0.1, 0.15) is 6.42 Å². The quantitative estimate of drug-likeness (QED) is 0.568. The van der Waals surface area contributed by atoms with Gasteiger partial charge in [-0.3, -0.25) is 0 Å². The first-order valence-electron chi connectivity index (χ1n) is 4.54. The van der Waals surface area contributed by atoms with Crippen molar-refractivity contribution in [2.24, 2.45) is 0 Å². The summed E-state index contributed by atoms with van der Waals surface area (Å²) in [5.41, 5.74) is 0. The number of hydrogen-bond donors (Lipinski definition) is 0. The Morgan fingerprint density at radius 2 is 1.62 bits per heavy atom. The van der Waals surface area contributed by atoms with Gasteiger partial charge in [0.05, 0.1) is 5.82 Å². The SMILES string of the molecule is COCCC([SiH3])=C(N(C)C)N(C)C. The molecule has 0 aliphatic carbocycles. The summed E-state index contributed by atoms with van der Waals surface area (Å²) < 4.78 is 5.07. The molecule has 0 unspecified atom stereocenters. The summed E-state index contributed by atoms with van der Waals surface area (Å²) in [6.45, 7) is 0.823. The van der Waals surface area contributed by atoms with Crippen molar-refractivity contribution in [3.8, 4) is 0 Å². The van der Waals surface area contributed by atoms with Crippen molar-refractivity contribution in [1.29, 1.82) is 0 Å². The van der Waals surface area contributed by atoms with Crippen LogP contribution in [0.5, 0.6) is 0 Å². The van der Waals surface area contributed by atoms with E-state index in [2.05, 4.69) is 38.0 Å². The molecule has 0 saturated carbocycles. The molecule has 0 fully saturated rings. The van der Waals surface area contributed by atoms with Crippen LogP contribution in [0.25, 0.3) is 0 Å². The van der Waals surface area contributed by atoms with Crippen LogP contribution >= 0.6 is 0 Å². The normalized spacial score (nSPS) is 9.92. The predicted molar refractivity (Wildman–Crippen MR) is 60.8 cm³/mol. The molecule has 0 amide bonds. The van der Waals surface area contributed by atoms with Crippen molar-refractivity contribution in [2.45, 2.75) is 6.42 Å². The predicted octanol–water partition coefficient (Wildman–Crippen LogP) is -0.319. The number of nitrogens with zero attached hydrogens (tertiary/aromatic N) is 2. The Kier molecular flexibility index (Phi) is 5.82. The van der Waals surface area contributed by atoms with E-state index in [1.807, 2.05) is 0 Å². The number of hydrogen-bond acceptors (Lipinski definition) is 3. The Hall–Kier alpha value is -0.483. The summed E-state index contributed by atoms with van der Waals surface area (Å²) in [6, 6.07) is 0. The lowest BCUT2D eigenvalue weighted by atomic mass is 10.3. The molecule has 3 nitrogen and oxygen atoms in total. The number of ether oxygens (including phenoxy) is 1. The van der Waals surface area contributed by atoms with Gasteiger partial charge in [0.2, 0.25) is 0 Å². The third-order valence-electron chi connectivity index (χ3n) is 1.91. The van der Waals surface area contributed by atoms with Crippen LogP contribution in [0.2, 0.25) is 0 Å². The molecule has 0 aromatic carbocycles. The van der Waals surface area contributed by atoms with Gasteiger partial charge in [-0.1, -0.05) is 5.20 Å². The molecule has 0 aliphatic rings. The Bertz CT molecular complexity index is 168. The van der Waals surface area contributed by atoms with Gasteiger partial charge >= 0.3 is 0 Å². The molecule has 0 aliphatic heterocycles. The highest BCUT2D eigenvalue weighted by atomic mass is 28.1. The molecule has 0 bridgehead atoms. The molecule has 0 aromatic rings. The van der Waals surface area contributed by atoms with Gasteiger partial charge in [0.25, 0.3) is 0 Å². The van der Waals surface area contributed by atoms with E-state index in [-0.39, 0.29) is 0 Å². The molecule has 0 rings (SSSR count). The van der Waals surface area contributed by atoms with Gasteiger partial charge in [-0.15, -0.1) is 0 Å². The Morgan fingerprint density at radius 3 is 1.92 bits per heavy atom. The fourth-order valence-electron chi connectivity index (χ4n) is 1.53. The summed E-state index contributed by atoms with van der Waals surface area (Å²) >= 11 is 0. The van der Waals surface area contributed by atoms with Gasteiger partial charge in [-0.05, 0) is 6.42 Å². The average molecular weight is 202 g/mol. The summed E-state index contributed by atoms with van der Waals surface area (Å²) in [5.74, 6) is 1.32. The maximum atomic E-state index is 5.07. The van der Waals surface area contributed by atoms with Crippen LogP contribution in [0, 0.1) is 0 Å². The third-order valence-corrected chi connectivity index (χ3v) is 2.86. The smallest absolute Gasteiger partial charge is 0.0971 e. The maximum absolute atomic E-state index is 5.07.